The van der Waals surface area contributed by atoms with Crippen molar-refractivity contribution in [2.45, 2.75) is 16.3 Å². The number of anilines is 1. The van der Waals surface area contributed by atoms with Gasteiger partial charge in [-0.05, 0) is 35.9 Å². The van der Waals surface area contributed by atoms with Crippen molar-refractivity contribution in [3.8, 4) is 0 Å². The number of rotatable bonds is 7. The molecule has 0 heterocycles. The first-order valence-electron chi connectivity index (χ1n) is 8.48. The van der Waals surface area contributed by atoms with Crippen LogP contribution in [0.5, 0.6) is 0 Å². The molecule has 0 aromatic heterocycles. The SMILES string of the molecule is CN(Cc1ccccc1NS(=O)(=O)c1ccccc1)S(=O)(=O)c1ccccc1. The molecule has 0 aliphatic rings. The number of hydrogen-bond donors (Lipinski definition) is 1. The summed E-state index contributed by atoms with van der Waals surface area (Å²) >= 11 is 0. The summed E-state index contributed by atoms with van der Waals surface area (Å²) in [7, 11) is -6.01. The van der Waals surface area contributed by atoms with Crippen LogP contribution in [0.3, 0.4) is 0 Å². The van der Waals surface area contributed by atoms with Crippen molar-refractivity contribution in [2.24, 2.45) is 0 Å². The van der Waals surface area contributed by atoms with E-state index >= 15 is 0 Å². The van der Waals surface area contributed by atoms with Crippen molar-refractivity contribution >= 4 is 25.7 Å². The van der Waals surface area contributed by atoms with Gasteiger partial charge in [0, 0.05) is 13.6 Å². The molecule has 0 aliphatic heterocycles. The fourth-order valence-corrected chi connectivity index (χ4v) is 4.95. The van der Waals surface area contributed by atoms with Crippen LogP contribution in [0.15, 0.2) is 94.7 Å². The second-order valence-corrected chi connectivity index (χ2v) is 9.88. The van der Waals surface area contributed by atoms with Crippen LogP contribution >= 0.6 is 0 Å². The average Bonchev–Trinajstić information content (AvgIpc) is 2.70. The molecule has 8 heteroatoms. The van der Waals surface area contributed by atoms with Gasteiger partial charge in [-0.3, -0.25) is 4.72 Å². The van der Waals surface area contributed by atoms with Crippen LogP contribution in [0.2, 0.25) is 0 Å². The summed E-state index contributed by atoms with van der Waals surface area (Å²) in [5.41, 5.74) is 0.880. The molecule has 3 rings (SSSR count). The van der Waals surface area contributed by atoms with Crippen molar-refractivity contribution in [1.82, 2.24) is 4.31 Å². The summed E-state index contributed by atoms with van der Waals surface area (Å²) in [6, 6.07) is 22.8. The summed E-state index contributed by atoms with van der Waals surface area (Å²) < 4.78 is 54.5. The molecule has 0 saturated heterocycles. The minimum absolute atomic E-state index is 0.0186. The lowest BCUT2D eigenvalue weighted by molar-refractivity contribution is 0.467. The first-order valence-corrected chi connectivity index (χ1v) is 11.4. The Labute approximate surface area is 165 Å². The highest BCUT2D eigenvalue weighted by atomic mass is 32.2. The largest absolute Gasteiger partial charge is 0.279 e. The molecular weight excluding hydrogens is 396 g/mol. The van der Waals surface area contributed by atoms with Crippen LogP contribution in [0.25, 0.3) is 0 Å². The fourth-order valence-electron chi connectivity index (χ4n) is 2.66. The number of sulfonamides is 2. The quantitative estimate of drug-likeness (QED) is 0.640. The third kappa shape index (κ3) is 4.41. The van der Waals surface area contributed by atoms with Crippen LogP contribution in [0, 0.1) is 0 Å². The van der Waals surface area contributed by atoms with Crippen LogP contribution in [0.4, 0.5) is 5.69 Å². The second-order valence-electron chi connectivity index (χ2n) is 6.15. The molecule has 28 heavy (non-hydrogen) atoms. The Balaban J connectivity index is 1.87. The summed E-state index contributed by atoms with van der Waals surface area (Å²) in [5.74, 6) is 0. The number of hydrogen-bond acceptors (Lipinski definition) is 4. The third-order valence-corrected chi connectivity index (χ3v) is 7.36. The molecule has 6 nitrogen and oxygen atoms in total. The Bertz CT molecular complexity index is 1150. The molecule has 1 N–H and O–H groups in total. The lowest BCUT2D eigenvalue weighted by Gasteiger charge is -2.19. The van der Waals surface area contributed by atoms with E-state index in [0.29, 0.717) is 11.3 Å². The average molecular weight is 417 g/mol. The van der Waals surface area contributed by atoms with Crippen LogP contribution in [-0.2, 0) is 26.6 Å². The predicted molar refractivity (Wildman–Crippen MR) is 109 cm³/mol. The van der Waals surface area contributed by atoms with E-state index in [1.165, 1.54) is 35.6 Å². The highest BCUT2D eigenvalue weighted by Gasteiger charge is 2.22. The Morgan fingerprint density at radius 1 is 0.714 bits per heavy atom. The molecule has 146 valence electrons. The van der Waals surface area contributed by atoms with Crippen molar-refractivity contribution in [2.75, 3.05) is 11.8 Å². The molecule has 0 fully saturated rings. The molecule has 0 aliphatic carbocycles. The summed E-state index contributed by atoms with van der Waals surface area (Å²) in [6.45, 7) is 0.0186. The zero-order valence-corrected chi connectivity index (χ0v) is 16.8. The number of nitrogens with one attached hydrogen (secondary N) is 1. The molecule has 0 spiro atoms. The fraction of sp³-hybridized carbons (Fsp3) is 0.100. The maximum atomic E-state index is 12.7. The Morgan fingerprint density at radius 2 is 1.21 bits per heavy atom. The van der Waals surface area contributed by atoms with Gasteiger partial charge in [0.1, 0.15) is 0 Å². The molecule has 0 bridgehead atoms. The third-order valence-electron chi connectivity index (χ3n) is 4.16. The van der Waals surface area contributed by atoms with E-state index in [4.69, 9.17) is 0 Å². The second kappa shape index (κ2) is 8.14. The standard InChI is InChI=1S/C20H20N2O4S2/c1-22(28(25,26)19-13-6-3-7-14-19)16-17-10-8-9-15-20(17)21-27(23,24)18-11-4-2-5-12-18/h2-15,21H,16H2,1H3. The number of para-hydroxylation sites is 1. The molecule has 3 aromatic carbocycles. The summed E-state index contributed by atoms with van der Waals surface area (Å²) in [4.78, 5) is 0.315. The van der Waals surface area contributed by atoms with Gasteiger partial charge in [0.25, 0.3) is 10.0 Å². The Hall–Kier alpha value is -2.68. The molecular formula is C20H20N2O4S2. The van der Waals surface area contributed by atoms with Crippen LogP contribution < -0.4 is 4.72 Å². The first kappa shape index (κ1) is 20.1. The van der Waals surface area contributed by atoms with Gasteiger partial charge in [0.05, 0.1) is 15.5 Å². The molecule has 3 aromatic rings. The monoisotopic (exact) mass is 416 g/mol. The lowest BCUT2D eigenvalue weighted by atomic mass is 10.2. The maximum absolute atomic E-state index is 12.7. The highest BCUT2D eigenvalue weighted by molar-refractivity contribution is 7.92. The maximum Gasteiger partial charge on any atom is 0.261 e. The van der Waals surface area contributed by atoms with E-state index in [-0.39, 0.29) is 16.3 Å². The van der Waals surface area contributed by atoms with Crippen molar-refractivity contribution < 1.29 is 16.8 Å². The Kier molecular flexibility index (Phi) is 5.83. The van der Waals surface area contributed by atoms with Gasteiger partial charge in [-0.2, -0.15) is 4.31 Å². The van der Waals surface area contributed by atoms with Crippen molar-refractivity contribution in [1.29, 1.82) is 0 Å². The van der Waals surface area contributed by atoms with Crippen LogP contribution in [-0.4, -0.2) is 28.2 Å². The van der Waals surface area contributed by atoms with Gasteiger partial charge in [0.2, 0.25) is 10.0 Å². The van der Waals surface area contributed by atoms with E-state index < -0.39 is 20.0 Å². The van der Waals surface area contributed by atoms with E-state index in [1.54, 1.807) is 60.7 Å². The number of nitrogens with zero attached hydrogens (tertiary/aromatic N) is 1. The smallest absolute Gasteiger partial charge is 0.261 e. The lowest BCUT2D eigenvalue weighted by Crippen LogP contribution is -2.27. The predicted octanol–water partition coefficient (Wildman–Crippen LogP) is 3.31. The van der Waals surface area contributed by atoms with Crippen molar-refractivity contribution in [3.63, 3.8) is 0 Å². The summed E-state index contributed by atoms with van der Waals surface area (Å²) in [5, 5.41) is 0. The molecule has 0 unspecified atom stereocenters. The Morgan fingerprint density at radius 3 is 1.82 bits per heavy atom. The van der Waals surface area contributed by atoms with Crippen molar-refractivity contribution in [3.05, 3.63) is 90.5 Å². The molecule has 0 saturated carbocycles. The minimum Gasteiger partial charge on any atom is -0.279 e. The minimum atomic E-state index is -3.78. The highest BCUT2D eigenvalue weighted by Crippen LogP contribution is 2.23. The topological polar surface area (TPSA) is 83.6 Å². The van der Waals surface area contributed by atoms with Crippen LogP contribution in [0.1, 0.15) is 5.56 Å². The van der Waals surface area contributed by atoms with Gasteiger partial charge < -0.3 is 0 Å². The first-order chi connectivity index (χ1) is 13.3. The van der Waals surface area contributed by atoms with E-state index in [0.717, 1.165) is 0 Å². The van der Waals surface area contributed by atoms with E-state index in [2.05, 4.69) is 4.72 Å². The molecule has 0 atom stereocenters. The van der Waals surface area contributed by atoms with E-state index in [1.807, 2.05) is 0 Å². The molecule has 0 amide bonds. The molecule has 0 radical (unpaired) electrons. The van der Waals surface area contributed by atoms with E-state index in [9.17, 15) is 16.8 Å². The normalized spacial score (nSPS) is 12.1. The van der Waals surface area contributed by atoms with Gasteiger partial charge in [-0.25, -0.2) is 16.8 Å². The zero-order chi connectivity index (χ0) is 20.2. The van der Waals surface area contributed by atoms with Gasteiger partial charge in [-0.15, -0.1) is 0 Å². The number of benzene rings is 3. The zero-order valence-electron chi connectivity index (χ0n) is 15.2. The van der Waals surface area contributed by atoms with Gasteiger partial charge in [0.15, 0.2) is 0 Å². The van der Waals surface area contributed by atoms with Gasteiger partial charge in [-0.1, -0.05) is 54.6 Å². The summed E-state index contributed by atoms with van der Waals surface area (Å²) in [6.07, 6.45) is 0. The van der Waals surface area contributed by atoms with Gasteiger partial charge >= 0.3 is 0 Å².